The zero-order valence-electron chi connectivity index (χ0n) is 13.2. The molecule has 8 heteroatoms. The molecule has 0 unspecified atom stereocenters. The molecule has 0 aliphatic carbocycles. The van der Waals surface area contributed by atoms with E-state index in [1.807, 2.05) is 0 Å². The second-order valence-corrected chi connectivity index (χ2v) is 5.58. The van der Waals surface area contributed by atoms with E-state index in [0.29, 0.717) is 18.4 Å². The lowest BCUT2D eigenvalue weighted by molar-refractivity contribution is 0.102. The van der Waals surface area contributed by atoms with E-state index in [1.165, 1.54) is 12.4 Å². The predicted molar refractivity (Wildman–Crippen MR) is 84.2 cm³/mol. The number of benzene rings is 1. The van der Waals surface area contributed by atoms with Crippen LogP contribution in [0.2, 0.25) is 0 Å². The molecule has 0 atom stereocenters. The monoisotopic (exact) mass is 338 g/mol. The Hall–Kier alpha value is -2.64. The Morgan fingerprint density at radius 2 is 1.79 bits per heavy atom. The van der Waals surface area contributed by atoms with E-state index in [2.05, 4.69) is 34.4 Å². The minimum atomic E-state index is -1.64. The fourth-order valence-electron chi connectivity index (χ4n) is 1.83. The Balaban J connectivity index is 2.01. The molecule has 0 saturated heterocycles. The second kappa shape index (κ2) is 7.76. The van der Waals surface area contributed by atoms with Crippen LogP contribution in [0.3, 0.4) is 0 Å². The number of amides is 1. The van der Waals surface area contributed by atoms with Crippen molar-refractivity contribution in [3.63, 3.8) is 0 Å². The van der Waals surface area contributed by atoms with Gasteiger partial charge in [0.05, 0.1) is 11.3 Å². The second-order valence-electron chi connectivity index (χ2n) is 5.58. The first-order valence-corrected chi connectivity index (χ1v) is 7.39. The van der Waals surface area contributed by atoms with Crippen LogP contribution in [0.25, 0.3) is 0 Å². The lowest BCUT2D eigenvalue weighted by Crippen LogP contribution is -2.15. The van der Waals surface area contributed by atoms with Gasteiger partial charge in [-0.1, -0.05) is 13.8 Å². The van der Waals surface area contributed by atoms with E-state index in [9.17, 15) is 18.0 Å². The van der Waals surface area contributed by atoms with Gasteiger partial charge in [0.25, 0.3) is 5.91 Å². The number of hydrogen-bond acceptors (Lipinski definition) is 4. The van der Waals surface area contributed by atoms with Crippen molar-refractivity contribution in [2.45, 2.75) is 20.3 Å². The summed E-state index contributed by atoms with van der Waals surface area (Å²) >= 11 is 0. The van der Waals surface area contributed by atoms with Gasteiger partial charge >= 0.3 is 0 Å². The molecule has 0 aliphatic heterocycles. The van der Waals surface area contributed by atoms with Crippen molar-refractivity contribution in [1.29, 1.82) is 0 Å². The maximum Gasteiger partial charge on any atom is 0.258 e. The zero-order valence-corrected chi connectivity index (χ0v) is 13.2. The van der Waals surface area contributed by atoms with E-state index in [4.69, 9.17) is 0 Å². The normalized spacial score (nSPS) is 10.8. The molecular weight excluding hydrogens is 321 g/mol. The van der Waals surface area contributed by atoms with Crippen LogP contribution in [0.4, 0.5) is 24.8 Å². The highest BCUT2D eigenvalue weighted by Crippen LogP contribution is 2.20. The molecule has 1 aromatic carbocycles. The van der Waals surface area contributed by atoms with Crippen molar-refractivity contribution in [3.8, 4) is 0 Å². The van der Waals surface area contributed by atoms with Crippen LogP contribution in [0.5, 0.6) is 0 Å². The highest BCUT2D eigenvalue weighted by Gasteiger charge is 2.16. The number of nitrogens with one attached hydrogen (secondary N) is 2. The van der Waals surface area contributed by atoms with E-state index in [0.717, 1.165) is 18.6 Å². The smallest absolute Gasteiger partial charge is 0.258 e. The summed E-state index contributed by atoms with van der Waals surface area (Å²) in [6.07, 6.45) is 3.47. The van der Waals surface area contributed by atoms with Crippen molar-refractivity contribution >= 4 is 17.5 Å². The molecule has 1 aromatic heterocycles. The highest BCUT2D eigenvalue weighted by atomic mass is 19.2. The topological polar surface area (TPSA) is 66.9 Å². The molecule has 1 amide bonds. The molecule has 2 N–H and O–H groups in total. The summed E-state index contributed by atoms with van der Waals surface area (Å²) in [5.74, 6) is -4.26. The minimum Gasteiger partial charge on any atom is -0.354 e. The minimum absolute atomic E-state index is 0.0635. The quantitative estimate of drug-likeness (QED) is 0.790. The molecule has 2 rings (SSSR count). The van der Waals surface area contributed by atoms with Gasteiger partial charge in [-0.25, -0.2) is 23.1 Å². The van der Waals surface area contributed by atoms with Crippen LogP contribution in [0, 0.1) is 23.4 Å². The largest absolute Gasteiger partial charge is 0.354 e. The number of nitrogens with zero attached hydrogens (tertiary/aromatic N) is 2. The number of anilines is 2. The van der Waals surface area contributed by atoms with Gasteiger partial charge in [-0.05, 0) is 24.5 Å². The third-order valence-electron chi connectivity index (χ3n) is 3.20. The first-order valence-electron chi connectivity index (χ1n) is 7.39. The number of rotatable bonds is 6. The van der Waals surface area contributed by atoms with Crippen LogP contribution >= 0.6 is 0 Å². The average molecular weight is 338 g/mol. The number of halogens is 3. The number of aromatic nitrogens is 2. The molecular formula is C16H17F3N4O. The van der Waals surface area contributed by atoms with Gasteiger partial charge in [0.15, 0.2) is 17.5 Å². The van der Waals surface area contributed by atoms with Crippen molar-refractivity contribution in [1.82, 2.24) is 9.97 Å². The predicted octanol–water partition coefficient (Wildman–Crippen LogP) is 3.60. The van der Waals surface area contributed by atoms with Crippen LogP contribution < -0.4 is 10.6 Å². The molecule has 0 aliphatic rings. The van der Waals surface area contributed by atoms with Gasteiger partial charge in [0.2, 0.25) is 5.95 Å². The van der Waals surface area contributed by atoms with Gasteiger partial charge in [-0.3, -0.25) is 4.79 Å². The third-order valence-corrected chi connectivity index (χ3v) is 3.20. The summed E-state index contributed by atoms with van der Waals surface area (Å²) in [7, 11) is 0. The van der Waals surface area contributed by atoms with E-state index in [1.54, 1.807) is 0 Å². The number of carbonyl (C=O) groups excluding carboxylic acids is 1. The molecule has 2 aromatic rings. The lowest BCUT2D eigenvalue weighted by atomic mass is 10.1. The van der Waals surface area contributed by atoms with Gasteiger partial charge < -0.3 is 10.6 Å². The van der Waals surface area contributed by atoms with Gasteiger partial charge in [-0.15, -0.1) is 0 Å². The Kier molecular flexibility index (Phi) is 5.73. The average Bonchev–Trinajstić information content (AvgIpc) is 2.55. The molecule has 0 spiro atoms. The summed E-state index contributed by atoms with van der Waals surface area (Å²) in [6, 6.07) is 1.67. The van der Waals surface area contributed by atoms with Crippen molar-refractivity contribution in [2.24, 2.45) is 5.92 Å². The van der Waals surface area contributed by atoms with Gasteiger partial charge in [-0.2, -0.15) is 0 Å². The molecule has 1 heterocycles. The molecule has 24 heavy (non-hydrogen) atoms. The van der Waals surface area contributed by atoms with E-state index in [-0.39, 0.29) is 5.56 Å². The molecule has 0 saturated carbocycles. The maximum absolute atomic E-state index is 13.5. The Labute approximate surface area is 137 Å². The van der Waals surface area contributed by atoms with Crippen molar-refractivity contribution in [3.05, 3.63) is 47.5 Å². The molecule has 0 bridgehead atoms. The van der Waals surface area contributed by atoms with E-state index < -0.39 is 29.0 Å². The van der Waals surface area contributed by atoms with Gasteiger partial charge in [0, 0.05) is 18.9 Å². The van der Waals surface area contributed by atoms with Crippen LogP contribution in [-0.4, -0.2) is 22.4 Å². The Bertz CT molecular complexity index is 720. The van der Waals surface area contributed by atoms with Crippen molar-refractivity contribution < 1.29 is 18.0 Å². The Morgan fingerprint density at radius 3 is 2.42 bits per heavy atom. The third kappa shape index (κ3) is 4.43. The molecule has 128 valence electrons. The maximum atomic E-state index is 13.5. The zero-order chi connectivity index (χ0) is 17.7. The summed E-state index contributed by atoms with van der Waals surface area (Å²) in [5, 5.41) is 5.16. The van der Waals surface area contributed by atoms with Crippen molar-refractivity contribution in [2.75, 3.05) is 17.2 Å². The number of carbonyl (C=O) groups is 1. The van der Waals surface area contributed by atoms with Gasteiger partial charge in [0.1, 0.15) is 0 Å². The highest BCUT2D eigenvalue weighted by molar-refractivity contribution is 6.03. The Morgan fingerprint density at radius 1 is 1.12 bits per heavy atom. The first-order chi connectivity index (χ1) is 11.4. The lowest BCUT2D eigenvalue weighted by Gasteiger charge is -2.08. The fraction of sp³-hybridized carbons (Fsp3) is 0.312. The molecule has 0 fully saturated rings. The van der Waals surface area contributed by atoms with Crippen LogP contribution in [0.15, 0.2) is 24.5 Å². The van der Waals surface area contributed by atoms with Crippen LogP contribution in [0.1, 0.15) is 30.6 Å². The van der Waals surface area contributed by atoms with E-state index >= 15 is 0 Å². The standard InChI is InChI=1S/C16H17F3N4O/c1-9(2)5-6-20-16-21-7-10(8-22-16)15(24)23-12-4-3-11(17)13(18)14(12)19/h3-4,7-9H,5-6H2,1-2H3,(H,23,24)(H,20,21,22). The summed E-state index contributed by atoms with van der Waals surface area (Å²) in [5.41, 5.74) is -0.397. The molecule has 5 nitrogen and oxygen atoms in total. The molecule has 0 radical (unpaired) electrons. The first kappa shape index (κ1) is 17.7. The summed E-state index contributed by atoms with van der Waals surface area (Å²) < 4.78 is 39.5. The number of hydrogen-bond donors (Lipinski definition) is 2. The fourth-order valence-corrected chi connectivity index (χ4v) is 1.83. The SMILES string of the molecule is CC(C)CCNc1ncc(C(=O)Nc2ccc(F)c(F)c2F)cn1. The van der Waals surface area contributed by atoms with Crippen LogP contribution in [-0.2, 0) is 0 Å². The summed E-state index contributed by atoms with van der Waals surface area (Å²) in [4.78, 5) is 19.9. The summed E-state index contributed by atoms with van der Waals surface area (Å²) in [6.45, 7) is 4.88.